The lowest BCUT2D eigenvalue weighted by molar-refractivity contribution is 0.0938. The van der Waals surface area contributed by atoms with Crippen molar-refractivity contribution < 1.29 is 14.6 Å². The first-order chi connectivity index (χ1) is 9.10. The second-order valence-electron chi connectivity index (χ2n) is 5.12. The summed E-state index contributed by atoms with van der Waals surface area (Å²) in [5, 5.41) is 11.9. The maximum absolute atomic E-state index is 12.1. The summed E-state index contributed by atoms with van der Waals surface area (Å²) in [6, 6.07) is 4.99. The van der Waals surface area contributed by atoms with Gasteiger partial charge in [-0.3, -0.25) is 4.79 Å². The van der Waals surface area contributed by atoms with Gasteiger partial charge in [0.05, 0.1) is 12.7 Å². The molecule has 0 atom stereocenters. The maximum atomic E-state index is 12.1. The van der Waals surface area contributed by atoms with E-state index in [-0.39, 0.29) is 17.9 Å². The molecule has 5 heteroatoms. The number of amides is 1. The second kappa shape index (κ2) is 5.48. The minimum absolute atomic E-state index is 0.0952. The first-order valence-corrected chi connectivity index (χ1v) is 6.43. The molecule has 0 aliphatic heterocycles. The Morgan fingerprint density at radius 3 is 2.84 bits per heavy atom. The molecule has 0 aromatic heterocycles. The number of nitrogens with one attached hydrogen (secondary N) is 1. The van der Waals surface area contributed by atoms with Crippen LogP contribution < -0.4 is 15.8 Å². The summed E-state index contributed by atoms with van der Waals surface area (Å²) in [5.74, 6) is 0.326. The Bertz CT molecular complexity index is 470. The Balaban J connectivity index is 2.02. The molecule has 0 heterocycles. The minimum atomic E-state index is -0.187. The molecule has 1 aliphatic rings. The van der Waals surface area contributed by atoms with E-state index < -0.39 is 0 Å². The van der Waals surface area contributed by atoms with Gasteiger partial charge in [-0.1, -0.05) is 0 Å². The van der Waals surface area contributed by atoms with Crippen LogP contribution in [0.15, 0.2) is 18.2 Å². The zero-order valence-corrected chi connectivity index (χ0v) is 11.1. The number of ether oxygens (including phenoxy) is 1. The average Bonchev–Trinajstić information content (AvgIpc) is 3.17. The molecule has 0 radical (unpaired) electrons. The lowest BCUT2D eigenvalue weighted by Gasteiger charge is -2.15. The molecule has 1 amide bonds. The molecule has 19 heavy (non-hydrogen) atoms. The summed E-state index contributed by atoms with van der Waals surface area (Å²) in [7, 11) is 1.52. The van der Waals surface area contributed by atoms with Crippen LogP contribution in [0.1, 0.15) is 29.6 Å². The Hall–Kier alpha value is -1.75. The molecular formula is C14H20N2O3. The van der Waals surface area contributed by atoms with Crippen molar-refractivity contribution in [1.82, 2.24) is 5.32 Å². The molecule has 104 valence electrons. The van der Waals surface area contributed by atoms with Crippen LogP contribution in [-0.2, 0) is 0 Å². The largest absolute Gasteiger partial charge is 0.496 e. The highest BCUT2D eigenvalue weighted by Crippen LogP contribution is 2.47. The highest BCUT2D eigenvalue weighted by molar-refractivity contribution is 5.97. The number of anilines is 1. The Labute approximate surface area is 112 Å². The Morgan fingerprint density at radius 1 is 1.53 bits per heavy atom. The minimum Gasteiger partial charge on any atom is -0.496 e. The van der Waals surface area contributed by atoms with E-state index in [1.165, 1.54) is 7.11 Å². The first kappa shape index (κ1) is 13.7. The van der Waals surface area contributed by atoms with E-state index in [0.29, 0.717) is 23.5 Å². The highest BCUT2D eigenvalue weighted by Gasteiger charge is 2.42. The number of hydrogen-bond donors (Lipinski definition) is 3. The van der Waals surface area contributed by atoms with Crippen molar-refractivity contribution in [2.75, 3.05) is 26.0 Å². The van der Waals surface area contributed by atoms with Crippen molar-refractivity contribution in [3.63, 3.8) is 0 Å². The van der Waals surface area contributed by atoms with Crippen LogP contribution in [-0.4, -0.2) is 31.3 Å². The average molecular weight is 264 g/mol. The van der Waals surface area contributed by atoms with E-state index >= 15 is 0 Å². The lowest BCUT2D eigenvalue weighted by atomic mass is 10.0. The molecular weight excluding hydrogens is 244 g/mol. The number of carbonyl (C=O) groups is 1. The van der Waals surface area contributed by atoms with Gasteiger partial charge in [-0.2, -0.15) is 0 Å². The third-order valence-corrected chi connectivity index (χ3v) is 3.69. The summed E-state index contributed by atoms with van der Waals surface area (Å²) >= 11 is 0. The molecule has 0 saturated heterocycles. The normalized spacial score (nSPS) is 15.9. The van der Waals surface area contributed by atoms with E-state index in [1.807, 2.05) is 0 Å². The molecule has 0 bridgehead atoms. The van der Waals surface area contributed by atoms with Crippen LogP contribution in [0.25, 0.3) is 0 Å². The lowest BCUT2D eigenvalue weighted by Crippen LogP contribution is -2.31. The molecule has 4 N–H and O–H groups in total. The first-order valence-electron chi connectivity index (χ1n) is 6.43. The fourth-order valence-electron chi connectivity index (χ4n) is 2.20. The number of methoxy groups -OCH3 is 1. The van der Waals surface area contributed by atoms with Gasteiger partial charge in [-0.05, 0) is 42.9 Å². The van der Waals surface area contributed by atoms with Crippen molar-refractivity contribution in [3.8, 4) is 5.75 Å². The van der Waals surface area contributed by atoms with E-state index in [2.05, 4.69) is 5.32 Å². The fraction of sp³-hybridized carbons (Fsp3) is 0.500. The van der Waals surface area contributed by atoms with Crippen LogP contribution in [0.3, 0.4) is 0 Å². The van der Waals surface area contributed by atoms with Gasteiger partial charge in [0.1, 0.15) is 5.75 Å². The van der Waals surface area contributed by atoms with Gasteiger partial charge < -0.3 is 20.9 Å². The molecule has 1 aromatic rings. The van der Waals surface area contributed by atoms with Gasteiger partial charge in [0, 0.05) is 18.8 Å². The standard InChI is InChI=1S/C14H20N2O3/c1-19-12-3-2-10(15)8-11(12)13(18)16-9-14(4-5-14)6-7-17/h2-3,8,17H,4-7,9,15H2,1H3,(H,16,18). The molecule has 2 rings (SSSR count). The van der Waals surface area contributed by atoms with Crippen molar-refractivity contribution in [3.05, 3.63) is 23.8 Å². The summed E-state index contributed by atoms with van der Waals surface area (Å²) < 4.78 is 5.16. The van der Waals surface area contributed by atoms with Crippen molar-refractivity contribution in [2.45, 2.75) is 19.3 Å². The quantitative estimate of drug-likeness (QED) is 0.673. The van der Waals surface area contributed by atoms with Crippen molar-refractivity contribution >= 4 is 11.6 Å². The number of aliphatic hydroxyl groups excluding tert-OH is 1. The molecule has 0 spiro atoms. The molecule has 1 saturated carbocycles. The highest BCUT2D eigenvalue weighted by atomic mass is 16.5. The van der Waals surface area contributed by atoms with E-state index in [9.17, 15) is 4.79 Å². The molecule has 0 unspecified atom stereocenters. The summed E-state index contributed by atoms with van der Waals surface area (Å²) in [6.07, 6.45) is 2.85. The molecule has 1 fully saturated rings. The predicted molar refractivity (Wildman–Crippen MR) is 73.1 cm³/mol. The summed E-state index contributed by atoms with van der Waals surface area (Å²) in [4.78, 5) is 12.1. The zero-order chi connectivity index (χ0) is 13.9. The summed E-state index contributed by atoms with van der Waals surface area (Å²) in [6.45, 7) is 0.752. The Kier molecular flexibility index (Phi) is 3.95. The third-order valence-electron chi connectivity index (χ3n) is 3.69. The maximum Gasteiger partial charge on any atom is 0.255 e. The van der Waals surface area contributed by atoms with Gasteiger partial charge in [0.15, 0.2) is 0 Å². The molecule has 5 nitrogen and oxygen atoms in total. The van der Waals surface area contributed by atoms with E-state index in [4.69, 9.17) is 15.6 Å². The number of nitrogens with two attached hydrogens (primary N) is 1. The van der Waals surface area contributed by atoms with Crippen LogP contribution in [0.2, 0.25) is 0 Å². The third kappa shape index (κ3) is 3.17. The van der Waals surface area contributed by atoms with Crippen molar-refractivity contribution in [1.29, 1.82) is 0 Å². The number of benzene rings is 1. The number of aliphatic hydroxyl groups is 1. The van der Waals surface area contributed by atoms with Gasteiger partial charge in [-0.15, -0.1) is 0 Å². The SMILES string of the molecule is COc1ccc(N)cc1C(=O)NCC1(CCO)CC1. The zero-order valence-electron chi connectivity index (χ0n) is 11.1. The van der Waals surface area contributed by atoms with Crippen LogP contribution >= 0.6 is 0 Å². The van der Waals surface area contributed by atoms with Crippen LogP contribution in [0.4, 0.5) is 5.69 Å². The molecule has 1 aliphatic carbocycles. The fourth-order valence-corrected chi connectivity index (χ4v) is 2.20. The second-order valence-corrected chi connectivity index (χ2v) is 5.12. The number of hydrogen-bond acceptors (Lipinski definition) is 4. The van der Waals surface area contributed by atoms with Gasteiger partial charge >= 0.3 is 0 Å². The molecule has 1 aromatic carbocycles. The van der Waals surface area contributed by atoms with E-state index in [0.717, 1.165) is 19.3 Å². The Morgan fingerprint density at radius 2 is 2.26 bits per heavy atom. The number of nitrogen functional groups attached to an aromatic ring is 1. The van der Waals surface area contributed by atoms with Crippen LogP contribution in [0.5, 0.6) is 5.75 Å². The van der Waals surface area contributed by atoms with Crippen LogP contribution in [0, 0.1) is 5.41 Å². The monoisotopic (exact) mass is 264 g/mol. The van der Waals surface area contributed by atoms with Gasteiger partial charge in [0.2, 0.25) is 0 Å². The smallest absolute Gasteiger partial charge is 0.255 e. The van der Waals surface area contributed by atoms with Gasteiger partial charge in [0.25, 0.3) is 5.91 Å². The van der Waals surface area contributed by atoms with Gasteiger partial charge in [-0.25, -0.2) is 0 Å². The summed E-state index contributed by atoms with van der Waals surface area (Å²) in [5.41, 5.74) is 6.77. The number of carbonyl (C=O) groups excluding carboxylic acids is 1. The predicted octanol–water partition coefficient (Wildman–Crippen LogP) is 1.17. The topological polar surface area (TPSA) is 84.6 Å². The van der Waals surface area contributed by atoms with E-state index in [1.54, 1.807) is 18.2 Å². The van der Waals surface area contributed by atoms with Crippen molar-refractivity contribution in [2.24, 2.45) is 5.41 Å². The number of rotatable bonds is 6.